The largest absolute Gasteiger partial charge is 0.465 e. The second-order valence-corrected chi connectivity index (χ2v) is 6.65. The first-order valence-corrected chi connectivity index (χ1v) is 7.61. The van der Waals surface area contributed by atoms with Crippen molar-refractivity contribution in [3.8, 4) is 0 Å². The Labute approximate surface area is 131 Å². The third kappa shape index (κ3) is 2.83. The first-order valence-electron chi connectivity index (χ1n) is 7.61. The van der Waals surface area contributed by atoms with E-state index in [0.717, 1.165) is 0 Å². The second kappa shape index (κ2) is 5.21. The Morgan fingerprint density at radius 2 is 1.57 bits per heavy atom. The molecule has 0 bridgehead atoms. The quantitative estimate of drug-likeness (QED) is 0.587. The van der Waals surface area contributed by atoms with Gasteiger partial charge in [-0.05, 0) is 41.5 Å². The minimum absolute atomic E-state index is 0.264. The van der Waals surface area contributed by atoms with Crippen LogP contribution in [0.25, 0.3) is 0 Å². The molecule has 3 rings (SSSR count). The molecule has 2 aliphatic carbocycles. The number of ether oxygens (including phenoxy) is 1. The number of alkyl halides is 4. The summed E-state index contributed by atoms with van der Waals surface area (Å²) in [5.41, 5.74) is 2.21. The van der Waals surface area contributed by atoms with Crippen LogP contribution in [0.4, 0.5) is 17.6 Å². The van der Waals surface area contributed by atoms with E-state index in [1.165, 1.54) is 7.11 Å². The highest BCUT2D eigenvalue weighted by Crippen LogP contribution is 2.55. The van der Waals surface area contributed by atoms with Crippen LogP contribution in [-0.2, 0) is 4.74 Å². The lowest BCUT2D eigenvalue weighted by molar-refractivity contribution is -0.0929. The molecule has 0 heterocycles. The Morgan fingerprint density at radius 3 is 2.04 bits per heavy atom. The van der Waals surface area contributed by atoms with Crippen LogP contribution in [0.5, 0.6) is 0 Å². The maximum absolute atomic E-state index is 13.3. The van der Waals surface area contributed by atoms with E-state index in [4.69, 9.17) is 4.74 Å². The molecule has 2 saturated carbocycles. The molecule has 0 radical (unpaired) electrons. The fourth-order valence-corrected chi connectivity index (χ4v) is 3.72. The molecule has 6 heteroatoms. The minimum atomic E-state index is -2.71. The monoisotopic (exact) mass is 330 g/mol. The third-order valence-corrected chi connectivity index (χ3v) is 4.98. The SMILES string of the molecule is COC(=O)c1ccc(C2CC(F)(F)C2)c(C2CC(F)(F)C2)c1C. The van der Waals surface area contributed by atoms with Gasteiger partial charge in [0.1, 0.15) is 0 Å². The zero-order valence-electron chi connectivity index (χ0n) is 13.0. The summed E-state index contributed by atoms with van der Waals surface area (Å²) in [6, 6.07) is 3.18. The zero-order valence-corrected chi connectivity index (χ0v) is 13.0. The summed E-state index contributed by atoms with van der Waals surface area (Å²) in [4.78, 5) is 11.8. The predicted molar refractivity (Wildman–Crippen MR) is 76.4 cm³/mol. The Balaban J connectivity index is 1.99. The Kier molecular flexibility index (Phi) is 3.69. The van der Waals surface area contributed by atoms with Gasteiger partial charge >= 0.3 is 5.97 Å². The lowest BCUT2D eigenvalue weighted by Gasteiger charge is -2.41. The second-order valence-electron chi connectivity index (χ2n) is 6.65. The van der Waals surface area contributed by atoms with Crippen molar-refractivity contribution < 1.29 is 27.1 Å². The fraction of sp³-hybridized carbons (Fsp3) is 0.588. The highest BCUT2D eigenvalue weighted by molar-refractivity contribution is 5.91. The maximum Gasteiger partial charge on any atom is 0.338 e. The number of methoxy groups -OCH3 is 1. The van der Waals surface area contributed by atoms with Crippen molar-refractivity contribution in [1.29, 1.82) is 0 Å². The molecule has 0 amide bonds. The van der Waals surface area contributed by atoms with Crippen molar-refractivity contribution in [1.82, 2.24) is 0 Å². The molecular formula is C17H18F4O2. The van der Waals surface area contributed by atoms with Crippen molar-refractivity contribution in [3.63, 3.8) is 0 Å². The fourth-order valence-electron chi connectivity index (χ4n) is 3.72. The number of rotatable bonds is 3. The Hall–Kier alpha value is -1.59. The lowest BCUT2D eigenvalue weighted by Crippen LogP contribution is -2.38. The molecule has 0 unspecified atom stereocenters. The first-order chi connectivity index (χ1) is 10.6. The number of carbonyl (C=O) groups is 1. The van der Waals surface area contributed by atoms with Crippen LogP contribution < -0.4 is 0 Å². The van der Waals surface area contributed by atoms with Crippen LogP contribution in [0.3, 0.4) is 0 Å². The van der Waals surface area contributed by atoms with E-state index in [1.807, 2.05) is 0 Å². The molecule has 0 spiro atoms. The predicted octanol–water partition coefficient (Wildman–Crippen LogP) is 4.81. The summed E-state index contributed by atoms with van der Waals surface area (Å²) >= 11 is 0. The smallest absolute Gasteiger partial charge is 0.338 e. The molecular weight excluding hydrogens is 312 g/mol. The van der Waals surface area contributed by atoms with E-state index in [2.05, 4.69) is 0 Å². The molecule has 1 aromatic carbocycles. The molecule has 0 aliphatic heterocycles. The molecule has 0 N–H and O–H groups in total. The summed E-state index contributed by atoms with van der Waals surface area (Å²) in [7, 11) is 1.25. The van der Waals surface area contributed by atoms with Gasteiger partial charge in [-0.2, -0.15) is 0 Å². The van der Waals surface area contributed by atoms with E-state index in [9.17, 15) is 22.4 Å². The number of benzene rings is 1. The van der Waals surface area contributed by atoms with Crippen molar-refractivity contribution in [3.05, 3.63) is 34.4 Å². The van der Waals surface area contributed by atoms with Crippen LogP contribution in [0.15, 0.2) is 12.1 Å². The average Bonchev–Trinajstić information content (AvgIpc) is 2.41. The van der Waals surface area contributed by atoms with Gasteiger partial charge in [0.15, 0.2) is 0 Å². The molecule has 2 aliphatic rings. The van der Waals surface area contributed by atoms with Crippen molar-refractivity contribution in [2.24, 2.45) is 0 Å². The van der Waals surface area contributed by atoms with Crippen LogP contribution in [0.2, 0.25) is 0 Å². The molecule has 126 valence electrons. The van der Waals surface area contributed by atoms with Gasteiger partial charge in [0, 0.05) is 25.7 Å². The first kappa shape index (κ1) is 16.3. The third-order valence-electron chi connectivity index (χ3n) is 4.98. The zero-order chi connectivity index (χ0) is 17.0. The van der Waals surface area contributed by atoms with Gasteiger partial charge in [0.2, 0.25) is 11.8 Å². The standard InChI is InChI=1S/C17H18F4O2/c1-9-12(15(22)23-2)3-4-13(10-5-16(18,19)6-10)14(9)11-7-17(20,21)8-11/h3-4,10-11H,5-8H2,1-2H3. The summed E-state index contributed by atoms with van der Waals surface area (Å²) in [5.74, 6) is -6.65. The normalized spacial score (nSPS) is 23.0. The lowest BCUT2D eigenvalue weighted by atomic mass is 9.67. The van der Waals surface area contributed by atoms with Crippen LogP contribution in [-0.4, -0.2) is 24.9 Å². The highest BCUT2D eigenvalue weighted by atomic mass is 19.3. The molecule has 0 atom stereocenters. The molecule has 23 heavy (non-hydrogen) atoms. The van der Waals surface area contributed by atoms with Gasteiger partial charge in [-0.15, -0.1) is 0 Å². The summed E-state index contributed by atoms with van der Waals surface area (Å²) < 4.78 is 57.6. The molecule has 2 fully saturated rings. The van der Waals surface area contributed by atoms with E-state index < -0.39 is 17.8 Å². The summed E-state index contributed by atoms with van der Waals surface area (Å²) in [6.07, 6.45) is -1.12. The molecule has 0 aromatic heterocycles. The van der Waals surface area contributed by atoms with Crippen LogP contribution in [0, 0.1) is 6.92 Å². The van der Waals surface area contributed by atoms with Crippen molar-refractivity contribution in [2.75, 3.05) is 7.11 Å². The van der Waals surface area contributed by atoms with E-state index in [1.54, 1.807) is 19.1 Å². The topological polar surface area (TPSA) is 26.3 Å². The van der Waals surface area contributed by atoms with Gasteiger partial charge in [0.05, 0.1) is 12.7 Å². The van der Waals surface area contributed by atoms with Crippen LogP contribution >= 0.6 is 0 Å². The van der Waals surface area contributed by atoms with Crippen LogP contribution in [0.1, 0.15) is 64.6 Å². The van der Waals surface area contributed by atoms with Gasteiger partial charge in [-0.25, -0.2) is 22.4 Å². The summed E-state index contributed by atoms with van der Waals surface area (Å²) in [5, 5.41) is 0. The number of hydrogen-bond donors (Lipinski definition) is 0. The maximum atomic E-state index is 13.3. The molecule has 1 aromatic rings. The highest BCUT2D eigenvalue weighted by Gasteiger charge is 2.50. The minimum Gasteiger partial charge on any atom is -0.465 e. The average molecular weight is 330 g/mol. The van der Waals surface area contributed by atoms with E-state index in [-0.39, 0.29) is 37.5 Å². The number of halogens is 4. The van der Waals surface area contributed by atoms with E-state index in [0.29, 0.717) is 22.3 Å². The van der Waals surface area contributed by atoms with Crippen molar-refractivity contribution in [2.45, 2.75) is 56.3 Å². The molecule has 0 saturated heterocycles. The van der Waals surface area contributed by atoms with Crippen molar-refractivity contribution >= 4 is 5.97 Å². The summed E-state index contributed by atoms with van der Waals surface area (Å²) in [6.45, 7) is 1.68. The number of carbonyl (C=O) groups excluding carboxylic acids is 1. The van der Waals surface area contributed by atoms with Gasteiger partial charge in [0.25, 0.3) is 0 Å². The van der Waals surface area contributed by atoms with E-state index >= 15 is 0 Å². The van der Waals surface area contributed by atoms with Gasteiger partial charge in [-0.3, -0.25) is 0 Å². The molecule has 2 nitrogen and oxygen atoms in total. The number of esters is 1. The van der Waals surface area contributed by atoms with Gasteiger partial charge < -0.3 is 4.74 Å². The number of hydrogen-bond acceptors (Lipinski definition) is 2. The van der Waals surface area contributed by atoms with Gasteiger partial charge in [-0.1, -0.05) is 6.07 Å². The Morgan fingerprint density at radius 1 is 1.04 bits per heavy atom. The Bertz CT molecular complexity index is 638.